The highest BCUT2D eigenvalue weighted by atomic mass is 19.1. The maximum atomic E-state index is 13.3. The van der Waals surface area contributed by atoms with E-state index in [1.54, 1.807) is 6.07 Å². The number of halogens is 1. The molecule has 2 rings (SSSR count). The summed E-state index contributed by atoms with van der Waals surface area (Å²) in [6, 6.07) is 4.46. The van der Waals surface area contributed by atoms with Crippen molar-refractivity contribution >= 4 is 5.97 Å². The summed E-state index contributed by atoms with van der Waals surface area (Å²) in [7, 11) is 0. The smallest absolute Gasteiger partial charge is 0.303 e. The zero-order valence-electron chi connectivity index (χ0n) is 12.3. The average Bonchev–Trinajstić information content (AvgIpc) is 2.42. The molecule has 1 aromatic carbocycles. The van der Waals surface area contributed by atoms with Crippen molar-refractivity contribution in [2.24, 2.45) is 11.8 Å². The lowest BCUT2D eigenvalue weighted by Crippen LogP contribution is -2.37. The second-order valence-corrected chi connectivity index (χ2v) is 6.00. The van der Waals surface area contributed by atoms with Crippen molar-refractivity contribution in [1.29, 1.82) is 0 Å². The van der Waals surface area contributed by atoms with E-state index < -0.39 is 11.8 Å². The van der Waals surface area contributed by atoms with Gasteiger partial charge in [-0.05, 0) is 48.9 Å². The molecule has 0 saturated carbocycles. The third-order valence-corrected chi connectivity index (χ3v) is 4.26. The number of hydrogen-bond donors (Lipinski definition) is 2. The minimum absolute atomic E-state index is 0.154. The van der Waals surface area contributed by atoms with Crippen molar-refractivity contribution in [2.45, 2.75) is 32.7 Å². The fourth-order valence-corrected chi connectivity index (χ4v) is 3.05. The molecule has 0 spiro atoms. The predicted molar refractivity (Wildman–Crippen MR) is 77.5 cm³/mol. The highest BCUT2D eigenvalue weighted by Gasteiger charge is 2.26. The van der Waals surface area contributed by atoms with E-state index in [-0.39, 0.29) is 18.1 Å². The van der Waals surface area contributed by atoms with Gasteiger partial charge in [0.1, 0.15) is 0 Å². The van der Waals surface area contributed by atoms with Crippen molar-refractivity contribution in [3.05, 3.63) is 29.6 Å². The molecular formula is C16H22FNO3. The number of benzene rings is 1. The summed E-state index contributed by atoms with van der Waals surface area (Å²) >= 11 is 0. The molecule has 2 atom stereocenters. The number of rotatable bonds is 5. The molecule has 4 nitrogen and oxygen atoms in total. The van der Waals surface area contributed by atoms with Crippen LogP contribution in [0, 0.1) is 17.7 Å². The fourth-order valence-electron chi connectivity index (χ4n) is 3.05. The Labute approximate surface area is 124 Å². The number of phenolic OH excluding ortho intramolecular Hbond substituents is 1. The van der Waals surface area contributed by atoms with Crippen LogP contribution in [0.3, 0.4) is 0 Å². The van der Waals surface area contributed by atoms with Crippen LogP contribution in [0.1, 0.15) is 31.7 Å². The molecule has 0 bridgehead atoms. The van der Waals surface area contributed by atoms with Crippen LogP contribution < -0.4 is 0 Å². The van der Waals surface area contributed by atoms with Crippen molar-refractivity contribution in [1.82, 2.24) is 4.90 Å². The van der Waals surface area contributed by atoms with Crippen LogP contribution in [-0.2, 0) is 11.3 Å². The van der Waals surface area contributed by atoms with Gasteiger partial charge in [-0.1, -0.05) is 13.0 Å². The Bertz CT molecular complexity index is 506. The summed E-state index contributed by atoms with van der Waals surface area (Å²) in [6.45, 7) is 4.41. The zero-order valence-corrected chi connectivity index (χ0v) is 12.3. The van der Waals surface area contributed by atoms with Crippen LogP contribution in [0.4, 0.5) is 4.39 Å². The first-order valence-electron chi connectivity index (χ1n) is 7.37. The largest absolute Gasteiger partial charge is 0.505 e. The van der Waals surface area contributed by atoms with E-state index in [1.807, 2.05) is 6.92 Å². The van der Waals surface area contributed by atoms with E-state index >= 15 is 0 Å². The summed E-state index contributed by atoms with van der Waals surface area (Å²) in [5.41, 5.74) is 0.830. The highest BCUT2D eigenvalue weighted by molar-refractivity contribution is 5.67. The fraction of sp³-hybridized carbons (Fsp3) is 0.562. The average molecular weight is 295 g/mol. The quantitative estimate of drug-likeness (QED) is 0.877. The molecular weight excluding hydrogens is 273 g/mol. The van der Waals surface area contributed by atoms with Crippen molar-refractivity contribution in [2.75, 3.05) is 13.1 Å². The normalized spacial score (nSPS) is 21.1. The molecule has 0 radical (unpaired) electrons. The Balaban J connectivity index is 1.94. The number of likely N-dealkylation sites (tertiary alicyclic amines) is 1. The lowest BCUT2D eigenvalue weighted by Gasteiger charge is -2.35. The monoisotopic (exact) mass is 295 g/mol. The summed E-state index contributed by atoms with van der Waals surface area (Å²) in [4.78, 5) is 13.0. The topological polar surface area (TPSA) is 60.8 Å². The van der Waals surface area contributed by atoms with E-state index in [1.165, 1.54) is 12.1 Å². The summed E-state index contributed by atoms with van der Waals surface area (Å²) < 4.78 is 13.3. The van der Waals surface area contributed by atoms with Crippen LogP contribution in [0.5, 0.6) is 5.75 Å². The van der Waals surface area contributed by atoms with E-state index in [0.717, 1.165) is 31.5 Å². The Morgan fingerprint density at radius 2 is 2.29 bits per heavy atom. The lowest BCUT2D eigenvalue weighted by atomic mass is 9.84. The third-order valence-electron chi connectivity index (χ3n) is 4.26. The molecule has 1 saturated heterocycles. The summed E-state index contributed by atoms with van der Waals surface area (Å²) in [6.07, 6.45) is 2.29. The van der Waals surface area contributed by atoms with Crippen molar-refractivity contribution in [3.8, 4) is 5.75 Å². The molecule has 2 N–H and O–H groups in total. The van der Waals surface area contributed by atoms with E-state index in [4.69, 9.17) is 5.11 Å². The third kappa shape index (κ3) is 4.43. The number of hydrogen-bond acceptors (Lipinski definition) is 3. The molecule has 1 aromatic rings. The second kappa shape index (κ2) is 6.89. The molecule has 21 heavy (non-hydrogen) atoms. The number of phenols is 1. The number of aromatic hydroxyl groups is 1. The standard InChI is InChI=1S/C16H22FNO3/c1-11(7-16(20)21)13-3-2-6-18(10-13)9-12-4-5-15(19)14(17)8-12/h4-5,8,11,13,19H,2-3,6-7,9-10H2,1H3,(H,20,21). The van der Waals surface area contributed by atoms with Gasteiger partial charge >= 0.3 is 5.97 Å². The first-order valence-corrected chi connectivity index (χ1v) is 7.37. The molecule has 1 fully saturated rings. The van der Waals surface area contributed by atoms with Crippen LogP contribution in [-0.4, -0.2) is 34.2 Å². The molecule has 1 aliphatic rings. The van der Waals surface area contributed by atoms with E-state index in [9.17, 15) is 14.3 Å². The predicted octanol–water partition coefficient (Wildman–Crippen LogP) is 2.85. The van der Waals surface area contributed by atoms with E-state index in [2.05, 4.69) is 4.90 Å². The highest BCUT2D eigenvalue weighted by Crippen LogP contribution is 2.27. The van der Waals surface area contributed by atoms with Gasteiger partial charge in [-0.3, -0.25) is 9.69 Å². The second-order valence-electron chi connectivity index (χ2n) is 6.00. The van der Waals surface area contributed by atoms with Gasteiger partial charge in [-0.2, -0.15) is 0 Å². The maximum Gasteiger partial charge on any atom is 0.303 e. The van der Waals surface area contributed by atoms with Gasteiger partial charge in [0.05, 0.1) is 0 Å². The Hall–Kier alpha value is -1.62. The van der Waals surface area contributed by atoms with Crippen molar-refractivity contribution < 1.29 is 19.4 Å². The van der Waals surface area contributed by atoms with E-state index in [0.29, 0.717) is 12.5 Å². The number of carboxylic acid groups (broad SMARTS) is 1. The molecule has 5 heteroatoms. The van der Waals surface area contributed by atoms with Crippen LogP contribution in [0.2, 0.25) is 0 Å². The molecule has 0 amide bonds. The molecule has 0 aliphatic carbocycles. The summed E-state index contributed by atoms with van der Waals surface area (Å²) in [5.74, 6) is -1.15. The Morgan fingerprint density at radius 3 is 2.95 bits per heavy atom. The number of nitrogens with zero attached hydrogens (tertiary/aromatic N) is 1. The maximum absolute atomic E-state index is 13.3. The van der Waals surface area contributed by atoms with Gasteiger partial charge in [0.25, 0.3) is 0 Å². The Morgan fingerprint density at radius 1 is 1.52 bits per heavy atom. The molecule has 1 heterocycles. The van der Waals surface area contributed by atoms with Crippen LogP contribution in [0.25, 0.3) is 0 Å². The molecule has 0 aromatic heterocycles. The molecule has 1 aliphatic heterocycles. The van der Waals surface area contributed by atoms with Gasteiger partial charge in [-0.25, -0.2) is 4.39 Å². The minimum Gasteiger partial charge on any atom is -0.505 e. The molecule has 116 valence electrons. The van der Waals surface area contributed by atoms with Crippen LogP contribution >= 0.6 is 0 Å². The molecule has 2 unspecified atom stereocenters. The van der Waals surface area contributed by atoms with Gasteiger partial charge in [-0.15, -0.1) is 0 Å². The van der Waals surface area contributed by atoms with Crippen LogP contribution in [0.15, 0.2) is 18.2 Å². The minimum atomic E-state index is -0.750. The number of carbonyl (C=O) groups is 1. The van der Waals surface area contributed by atoms with Gasteiger partial charge < -0.3 is 10.2 Å². The van der Waals surface area contributed by atoms with Gasteiger partial charge in [0, 0.05) is 19.5 Å². The first-order chi connectivity index (χ1) is 9.95. The zero-order chi connectivity index (χ0) is 15.4. The van der Waals surface area contributed by atoms with Crippen molar-refractivity contribution in [3.63, 3.8) is 0 Å². The summed E-state index contributed by atoms with van der Waals surface area (Å²) in [5, 5.41) is 18.1. The number of aliphatic carboxylic acids is 1. The van der Waals surface area contributed by atoms with Gasteiger partial charge in [0.15, 0.2) is 11.6 Å². The first kappa shape index (κ1) is 15.8. The van der Waals surface area contributed by atoms with Gasteiger partial charge in [0.2, 0.25) is 0 Å². The number of carboxylic acids is 1. The SMILES string of the molecule is CC(CC(=O)O)C1CCCN(Cc2ccc(O)c(F)c2)C1. The number of piperidine rings is 1. The Kier molecular flexibility index (Phi) is 5.17. The lowest BCUT2D eigenvalue weighted by molar-refractivity contribution is -0.138.